The van der Waals surface area contributed by atoms with Crippen LogP contribution >= 0.6 is 0 Å². The van der Waals surface area contributed by atoms with E-state index in [2.05, 4.69) is 4.90 Å². The summed E-state index contributed by atoms with van der Waals surface area (Å²) in [6.07, 6.45) is 3.62. The molecule has 0 unspecified atom stereocenters. The summed E-state index contributed by atoms with van der Waals surface area (Å²) >= 11 is 0. The summed E-state index contributed by atoms with van der Waals surface area (Å²) in [5.74, 6) is 0.561. The first-order chi connectivity index (χ1) is 7.68. The molecule has 0 amide bonds. The SMILES string of the molecule is N=C(c1ccc(N)c(N)c1)N1CCCCC1. The Kier molecular flexibility index (Phi) is 2.99. The Morgan fingerprint density at radius 3 is 2.38 bits per heavy atom. The maximum absolute atomic E-state index is 8.12. The average Bonchev–Trinajstić information content (AvgIpc) is 2.33. The molecule has 0 aliphatic carbocycles. The molecule has 0 radical (unpaired) electrons. The third-order valence-corrected chi connectivity index (χ3v) is 3.03. The van der Waals surface area contributed by atoms with Crippen LogP contribution in [0.15, 0.2) is 18.2 Å². The van der Waals surface area contributed by atoms with Crippen molar-refractivity contribution in [2.24, 2.45) is 0 Å². The molecule has 1 heterocycles. The van der Waals surface area contributed by atoms with Gasteiger partial charge in [-0.2, -0.15) is 0 Å². The minimum atomic E-state index is 0.555. The topological polar surface area (TPSA) is 79.1 Å². The highest BCUT2D eigenvalue weighted by atomic mass is 15.2. The number of nitrogens with one attached hydrogen (secondary N) is 1. The molecule has 86 valence electrons. The lowest BCUT2D eigenvalue weighted by Crippen LogP contribution is -2.35. The van der Waals surface area contributed by atoms with E-state index in [0.717, 1.165) is 18.7 Å². The number of amidine groups is 1. The average molecular weight is 218 g/mol. The predicted molar refractivity (Wildman–Crippen MR) is 67.5 cm³/mol. The van der Waals surface area contributed by atoms with Crippen LogP contribution in [0, 0.1) is 5.41 Å². The van der Waals surface area contributed by atoms with Crippen molar-refractivity contribution >= 4 is 17.2 Å². The first-order valence-electron chi connectivity index (χ1n) is 5.67. The van der Waals surface area contributed by atoms with Gasteiger partial charge in [0.25, 0.3) is 0 Å². The molecule has 4 nitrogen and oxygen atoms in total. The van der Waals surface area contributed by atoms with E-state index < -0.39 is 0 Å². The number of nitrogens with two attached hydrogens (primary N) is 2. The Labute approximate surface area is 95.7 Å². The highest BCUT2D eigenvalue weighted by Gasteiger charge is 2.15. The third kappa shape index (κ3) is 2.10. The number of likely N-dealkylation sites (tertiary alicyclic amines) is 1. The van der Waals surface area contributed by atoms with Crippen molar-refractivity contribution in [2.75, 3.05) is 24.6 Å². The second kappa shape index (κ2) is 4.43. The van der Waals surface area contributed by atoms with Crippen LogP contribution in [0.1, 0.15) is 24.8 Å². The fraction of sp³-hybridized carbons (Fsp3) is 0.417. The van der Waals surface area contributed by atoms with Gasteiger partial charge in [0.15, 0.2) is 0 Å². The van der Waals surface area contributed by atoms with Gasteiger partial charge >= 0.3 is 0 Å². The molecule has 0 atom stereocenters. The zero-order valence-electron chi connectivity index (χ0n) is 9.37. The molecule has 2 rings (SSSR count). The van der Waals surface area contributed by atoms with Crippen LogP contribution in [0.3, 0.4) is 0 Å². The van der Waals surface area contributed by atoms with Crippen LogP contribution in [-0.2, 0) is 0 Å². The van der Waals surface area contributed by atoms with Gasteiger partial charge in [0.05, 0.1) is 11.4 Å². The molecule has 1 aromatic rings. The molecule has 1 aliphatic rings. The molecule has 0 bridgehead atoms. The van der Waals surface area contributed by atoms with Crippen LogP contribution in [0.2, 0.25) is 0 Å². The number of benzene rings is 1. The number of anilines is 2. The van der Waals surface area contributed by atoms with E-state index in [4.69, 9.17) is 16.9 Å². The quantitative estimate of drug-likeness (QED) is 0.381. The van der Waals surface area contributed by atoms with E-state index in [1.54, 1.807) is 12.1 Å². The van der Waals surface area contributed by atoms with Crippen LogP contribution in [0.4, 0.5) is 11.4 Å². The summed E-state index contributed by atoms with van der Waals surface area (Å²) < 4.78 is 0. The zero-order valence-corrected chi connectivity index (χ0v) is 9.37. The Balaban J connectivity index is 2.16. The maximum Gasteiger partial charge on any atom is 0.128 e. The Morgan fingerprint density at radius 2 is 1.75 bits per heavy atom. The van der Waals surface area contributed by atoms with Gasteiger partial charge in [0.1, 0.15) is 5.84 Å². The molecular formula is C12H18N4. The van der Waals surface area contributed by atoms with Gasteiger partial charge in [-0.25, -0.2) is 0 Å². The van der Waals surface area contributed by atoms with Gasteiger partial charge in [0.2, 0.25) is 0 Å². The first-order valence-corrected chi connectivity index (χ1v) is 5.67. The largest absolute Gasteiger partial charge is 0.397 e. The molecule has 1 aliphatic heterocycles. The van der Waals surface area contributed by atoms with Gasteiger partial charge in [-0.15, -0.1) is 0 Å². The number of nitrogen functional groups attached to an aromatic ring is 2. The van der Waals surface area contributed by atoms with E-state index in [-0.39, 0.29) is 0 Å². The maximum atomic E-state index is 8.12. The van der Waals surface area contributed by atoms with Gasteiger partial charge < -0.3 is 16.4 Å². The van der Waals surface area contributed by atoms with Crippen LogP contribution in [-0.4, -0.2) is 23.8 Å². The summed E-state index contributed by atoms with van der Waals surface area (Å²) in [4.78, 5) is 2.11. The van der Waals surface area contributed by atoms with Crippen molar-refractivity contribution in [3.05, 3.63) is 23.8 Å². The second-order valence-corrected chi connectivity index (χ2v) is 4.24. The van der Waals surface area contributed by atoms with Gasteiger partial charge in [-0.05, 0) is 37.5 Å². The Morgan fingerprint density at radius 1 is 1.06 bits per heavy atom. The minimum Gasteiger partial charge on any atom is -0.397 e. The minimum absolute atomic E-state index is 0.555. The Hall–Kier alpha value is -1.71. The summed E-state index contributed by atoms with van der Waals surface area (Å²) in [6, 6.07) is 5.41. The summed E-state index contributed by atoms with van der Waals surface area (Å²) in [5.41, 5.74) is 13.4. The molecule has 5 N–H and O–H groups in total. The van der Waals surface area contributed by atoms with Gasteiger partial charge in [-0.3, -0.25) is 5.41 Å². The van der Waals surface area contributed by atoms with Gasteiger partial charge in [0, 0.05) is 18.7 Å². The second-order valence-electron chi connectivity index (χ2n) is 4.24. The summed E-state index contributed by atoms with van der Waals surface area (Å²) in [7, 11) is 0. The van der Waals surface area contributed by atoms with Crippen LogP contribution in [0.25, 0.3) is 0 Å². The smallest absolute Gasteiger partial charge is 0.128 e. The van der Waals surface area contributed by atoms with E-state index >= 15 is 0 Å². The number of rotatable bonds is 1. The standard InChI is InChI=1S/C12H18N4/c13-10-5-4-9(8-11(10)14)12(15)16-6-2-1-3-7-16/h4-5,8,15H,1-3,6-7,13-14H2. The van der Waals surface area contributed by atoms with Crippen molar-refractivity contribution in [1.82, 2.24) is 4.90 Å². The molecular weight excluding hydrogens is 200 g/mol. The van der Waals surface area contributed by atoms with Crippen LogP contribution in [0.5, 0.6) is 0 Å². The van der Waals surface area contributed by atoms with Crippen molar-refractivity contribution in [3.63, 3.8) is 0 Å². The zero-order chi connectivity index (χ0) is 11.5. The normalized spacial score (nSPS) is 16.1. The summed E-state index contributed by atoms with van der Waals surface area (Å²) in [6.45, 7) is 1.95. The molecule has 0 spiro atoms. The lowest BCUT2D eigenvalue weighted by molar-refractivity contribution is 0.341. The number of piperidine rings is 1. The van der Waals surface area contributed by atoms with Crippen molar-refractivity contribution < 1.29 is 0 Å². The summed E-state index contributed by atoms with van der Waals surface area (Å²) in [5, 5.41) is 8.12. The lowest BCUT2D eigenvalue weighted by atomic mass is 10.1. The molecule has 0 saturated carbocycles. The van der Waals surface area contributed by atoms with Gasteiger partial charge in [-0.1, -0.05) is 0 Å². The lowest BCUT2D eigenvalue weighted by Gasteiger charge is -2.29. The third-order valence-electron chi connectivity index (χ3n) is 3.03. The number of hydrogen-bond donors (Lipinski definition) is 3. The molecule has 1 saturated heterocycles. The van der Waals surface area contributed by atoms with E-state index in [0.29, 0.717) is 17.2 Å². The highest BCUT2D eigenvalue weighted by molar-refractivity contribution is 5.98. The predicted octanol–water partition coefficient (Wildman–Crippen LogP) is 1.66. The molecule has 4 heteroatoms. The molecule has 1 aromatic carbocycles. The number of nitrogens with zero attached hydrogens (tertiary/aromatic N) is 1. The first kappa shape index (κ1) is 10.8. The highest BCUT2D eigenvalue weighted by Crippen LogP contribution is 2.19. The van der Waals surface area contributed by atoms with Crippen LogP contribution < -0.4 is 11.5 Å². The molecule has 0 aromatic heterocycles. The number of hydrogen-bond acceptors (Lipinski definition) is 3. The van der Waals surface area contributed by atoms with Crippen molar-refractivity contribution in [1.29, 1.82) is 5.41 Å². The van der Waals surface area contributed by atoms with E-state index in [1.165, 1.54) is 19.3 Å². The van der Waals surface area contributed by atoms with Crippen molar-refractivity contribution in [2.45, 2.75) is 19.3 Å². The Bertz CT molecular complexity index is 394. The fourth-order valence-corrected chi connectivity index (χ4v) is 2.02. The fourth-order valence-electron chi connectivity index (χ4n) is 2.02. The van der Waals surface area contributed by atoms with E-state index in [1.807, 2.05) is 6.07 Å². The monoisotopic (exact) mass is 218 g/mol. The molecule has 1 fully saturated rings. The van der Waals surface area contributed by atoms with E-state index in [9.17, 15) is 0 Å². The molecule has 16 heavy (non-hydrogen) atoms. The van der Waals surface area contributed by atoms with Crippen molar-refractivity contribution in [3.8, 4) is 0 Å².